The van der Waals surface area contributed by atoms with E-state index < -0.39 is 23.3 Å². The molecule has 1 heterocycles. The van der Waals surface area contributed by atoms with E-state index in [9.17, 15) is 14.7 Å². The summed E-state index contributed by atoms with van der Waals surface area (Å²) in [4.78, 5) is 24.8. The number of epoxide rings is 1. The molecule has 1 spiro atoms. The molecule has 3 rings (SSSR count). The summed E-state index contributed by atoms with van der Waals surface area (Å²) in [5.41, 5.74) is -0.705. The molecule has 0 radical (unpaired) electrons. The van der Waals surface area contributed by atoms with E-state index >= 15 is 0 Å². The second-order valence-electron chi connectivity index (χ2n) is 5.41. The normalized spacial score (nSPS) is 29.0. The molecular weight excluding hydrogens is 296 g/mol. The molecule has 0 amide bonds. The van der Waals surface area contributed by atoms with Crippen LogP contribution in [0.2, 0.25) is 0 Å². The number of rotatable bonds is 3. The van der Waals surface area contributed by atoms with Crippen molar-refractivity contribution in [3.05, 3.63) is 65.1 Å². The third-order valence-corrected chi connectivity index (χ3v) is 4.03. The summed E-state index contributed by atoms with van der Waals surface area (Å²) in [5.74, 6) is -1.35. The number of ketones is 2. The number of hydrogen-bond donors (Lipinski definition) is 1. The van der Waals surface area contributed by atoms with Crippen LogP contribution in [0.1, 0.15) is 12.5 Å². The molecule has 1 aromatic rings. The fourth-order valence-corrected chi connectivity index (χ4v) is 2.73. The van der Waals surface area contributed by atoms with Crippen molar-refractivity contribution in [2.75, 3.05) is 7.11 Å². The van der Waals surface area contributed by atoms with Crippen molar-refractivity contribution in [1.29, 1.82) is 0 Å². The maximum absolute atomic E-state index is 12.6. The van der Waals surface area contributed by atoms with E-state index in [1.165, 1.54) is 19.3 Å². The van der Waals surface area contributed by atoms with Crippen molar-refractivity contribution in [3.63, 3.8) is 0 Å². The Morgan fingerprint density at radius 1 is 1.30 bits per heavy atom. The molecule has 5 nitrogen and oxygen atoms in total. The average Bonchev–Trinajstić information content (AvgIpc) is 3.22. The monoisotopic (exact) mass is 312 g/mol. The minimum absolute atomic E-state index is 0.184. The molecule has 5 heteroatoms. The summed E-state index contributed by atoms with van der Waals surface area (Å²) >= 11 is 0. The van der Waals surface area contributed by atoms with Crippen LogP contribution in [0.15, 0.2) is 59.6 Å². The van der Waals surface area contributed by atoms with Crippen LogP contribution in [0.4, 0.5) is 0 Å². The van der Waals surface area contributed by atoms with Gasteiger partial charge in [0.25, 0.3) is 0 Å². The molecule has 118 valence electrons. The zero-order valence-electron chi connectivity index (χ0n) is 12.8. The lowest BCUT2D eigenvalue weighted by Crippen LogP contribution is -2.38. The number of carbonyl (C=O) groups is 2. The number of aliphatic hydroxyl groups excluding tert-OH is 1. The third-order valence-electron chi connectivity index (χ3n) is 4.03. The van der Waals surface area contributed by atoms with Crippen LogP contribution >= 0.6 is 0 Å². The molecule has 1 fully saturated rings. The first-order chi connectivity index (χ1) is 11.0. The summed E-state index contributed by atoms with van der Waals surface area (Å²) in [5, 5.41) is 10.2. The van der Waals surface area contributed by atoms with E-state index in [0.717, 1.165) is 5.56 Å². The molecule has 1 N–H and O–H groups in total. The van der Waals surface area contributed by atoms with Crippen LogP contribution in [0.25, 0.3) is 6.08 Å². The summed E-state index contributed by atoms with van der Waals surface area (Å²) in [6, 6.07) is 9.26. The summed E-state index contributed by atoms with van der Waals surface area (Å²) in [6.45, 7) is 1.72. The second-order valence-corrected chi connectivity index (χ2v) is 5.41. The predicted octanol–water partition coefficient (Wildman–Crippen LogP) is 2.35. The Balaban J connectivity index is 1.99. The Hall–Kier alpha value is -2.66. The van der Waals surface area contributed by atoms with Gasteiger partial charge in [-0.15, -0.1) is 0 Å². The Morgan fingerprint density at radius 2 is 1.96 bits per heavy atom. The number of allylic oxidation sites excluding steroid dienone is 2. The van der Waals surface area contributed by atoms with Crippen LogP contribution in [0, 0.1) is 0 Å². The predicted molar refractivity (Wildman–Crippen MR) is 83.5 cm³/mol. The lowest BCUT2D eigenvalue weighted by molar-refractivity contribution is -0.124. The second kappa shape index (κ2) is 5.52. The highest BCUT2D eigenvalue weighted by Gasteiger charge is 2.67. The zero-order valence-corrected chi connectivity index (χ0v) is 12.8. The van der Waals surface area contributed by atoms with E-state index in [1.54, 1.807) is 13.0 Å². The van der Waals surface area contributed by atoms with Crippen molar-refractivity contribution >= 4 is 17.6 Å². The third kappa shape index (κ3) is 2.39. The molecule has 0 saturated carbocycles. The van der Waals surface area contributed by atoms with Crippen molar-refractivity contribution in [3.8, 4) is 0 Å². The van der Waals surface area contributed by atoms with Gasteiger partial charge in [0.05, 0.1) is 7.11 Å². The van der Waals surface area contributed by atoms with Gasteiger partial charge in [-0.25, -0.2) is 0 Å². The number of benzene rings is 1. The number of ether oxygens (including phenoxy) is 2. The standard InChI is InChI=1S/C18H16O5/c1-11-18(23-11)15(22-2)10-14(20)16(17(18)21)13(19)9-8-12-6-4-3-5-7-12/h3-11,19H,1-2H3/b9-8+,16-13+/t11-,18+/m1/s1. The number of Topliss-reactive ketones (excluding diaryl/α,β-unsaturated/α-hetero) is 1. The molecular formula is C18H16O5. The molecule has 23 heavy (non-hydrogen) atoms. The molecule has 0 unspecified atom stereocenters. The van der Waals surface area contributed by atoms with Crippen molar-refractivity contribution < 1.29 is 24.2 Å². The van der Waals surface area contributed by atoms with E-state index in [1.807, 2.05) is 30.3 Å². The van der Waals surface area contributed by atoms with Gasteiger partial charge < -0.3 is 14.6 Å². The van der Waals surface area contributed by atoms with Gasteiger partial charge in [0.2, 0.25) is 11.4 Å². The van der Waals surface area contributed by atoms with Crippen LogP contribution in [0.5, 0.6) is 0 Å². The maximum atomic E-state index is 12.6. The molecule has 0 bridgehead atoms. The number of carbonyl (C=O) groups excluding carboxylic acids is 2. The van der Waals surface area contributed by atoms with Crippen molar-refractivity contribution in [2.45, 2.75) is 18.6 Å². The van der Waals surface area contributed by atoms with Gasteiger partial charge >= 0.3 is 0 Å². The SMILES string of the molecule is COC1=CC(=O)/C(=C(O)/C=C/c2ccccc2)C(=O)[C@@]12O[C@@H]2C. The topological polar surface area (TPSA) is 76.1 Å². The van der Waals surface area contributed by atoms with Crippen molar-refractivity contribution in [1.82, 2.24) is 0 Å². The fourth-order valence-electron chi connectivity index (χ4n) is 2.73. The molecule has 2 aliphatic rings. The van der Waals surface area contributed by atoms with E-state index in [0.29, 0.717) is 0 Å². The first-order valence-electron chi connectivity index (χ1n) is 7.20. The van der Waals surface area contributed by atoms with Crippen LogP contribution in [-0.2, 0) is 19.1 Å². The van der Waals surface area contributed by atoms with Gasteiger partial charge in [-0.3, -0.25) is 9.59 Å². The van der Waals surface area contributed by atoms with Gasteiger partial charge in [-0.2, -0.15) is 0 Å². The largest absolute Gasteiger partial charge is 0.507 e. The summed E-state index contributed by atoms with van der Waals surface area (Å²) < 4.78 is 10.5. The van der Waals surface area contributed by atoms with Gasteiger partial charge in [0.15, 0.2) is 5.78 Å². The Labute approximate surface area is 133 Å². The van der Waals surface area contributed by atoms with Gasteiger partial charge in [-0.05, 0) is 18.6 Å². The molecule has 1 aromatic carbocycles. The summed E-state index contributed by atoms with van der Waals surface area (Å²) in [6.07, 6.45) is 3.78. The first kappa shape index (κ1) is 15.2. The van der Waals surface area contributed by atoms with Gasteiger partial charge in [0.1, 0.15) is 23.2 Å². The van der Waals surface area contributed by atoms with Crippen LogP contribution in [0.3, 0.4) is 0 Å². The fraction of sp³-hybridized carbons (Fsp3) is 0.222. The van der Waals surface area contributed by atoms with E-state index in [-0.39, 0.29) is 17.1 Å². The van der Waals surface area contributed by atoms with E-state index in [4.69, 9.17) is 9.47 Å². The van der Waals surface area contributed by atoms with E-state index in [2.05, 4.69) is 0 Å². The lowest BCUT2D eigenvalue weighted by atomic mass is 9.84. The Morgan fingerprint density at radius 3 is 2.52 bits per heavy atom. The van der Waals surface area contributed by atoms with Crippen molar-refractivity contribution in [2.24, 2.45) is 0 Å². The minimum Gasteiger partial charge on any atom is -0.507 e. The quantitative estimate of drug-likeness (QED) is 0.401. The number of methoxy groups -OCH3 is 1. The molecule has 0 aromatic heterocycles. The highest BCUT2D eigenvalue weighted by atomic mass is 16.6. The van der Waals surface area contributed by atoms with Gasteiger partial charge in [0, 0.05) is 6.08 Å². The highest BCUT2D eigenvalue weighted by Crippen LogP contribution is 2.48. The molecule has 1 saturated heterocycles. The number of aliphatic hydroxyl groups is 1. The minimum atomic E-state index is -1.27. The zero-order chi connectivity index (χ0) is 16.6. The van der Waals surface area contributed by atoms with Gasteiger partial charge in [-0.1, -0.05) is 36.4 Å². The summed E-state index contributed by atoms with van der Waals surface area (Å²) in [7, 11) is 1.38. The molecule has 1 aliphatic heterocycles. The molecule has 1 aliphatic carbocycles. The maximum Gasteiger partial charge on any atom is 0.214 e. The highest BCUT2D eigenvalue weighted by molar-refractivity contribution is 6.31. The molecule has 2 atom stereocenters. The van der Waals surface area contributed by atoms with Crippen LogP contribution in [-0.4, -0.2) is 35.5 Å². The lowest BCUT2D eigenvalue weighted by Gasteiger charge is -2.20. The Kier molecular flexibility index (Phi) is 3.66. The van der Waals surface area contributed by atoms with Crippen LogP contribution < -0.4 is 0 Å². The Bertz CT molecular complexity index is 757. The first-order valence-corrected chi connectivity index (χ1v) is 7.20. The number of hydrogen-bond acceptors (Lipinski definition) is 5. The smallest absolute Gasteiger partial charge is 0.214 e. The average molecular weight is 312 g/mol.